The Kier molecular flexibility index (Phi) is 6.57. The minimum atomic E-state index is 0.442. The Balaban J connectivity index is 2.65. The average molecular weight is 261 g/mol. The van der Waals surface area contributed by atoms with Crippen molar-refractivity contribution in [2.75, 3.05) is 0 Å². The molecule has 0 radical (unpaired) electrons. The molecule has 0 amide bonds. The SMILES string of the molecule is CCCCCC(C)NC(C)c1c(C)cc(C)cc1C. The molecule has 0 aliphatic carbocycles. The lowest BCUT2D eigenvalue weighted by Crippen LogP contribution is -2.29. The zero-order valence-corrected chi connectivity index (χ0v) is 13.6. The Labute approximate surface area is 119 Å². The molecule has 0 aliphatic rings. The first-order chi connectivity index (χ1) is 8.95. The van der Waals surface area contributed by atoms with Gasteiger partial charge in [0.05, 0.1) is 0 Å². The number of hydrogen-bond donors (Lipinski definition) is 1. The maximum atomic E-state index is 3.76. The Bertz CT molecular complexity index is 372. The average Bonchev–Trinajstić information content (AvgIpc) is 2.27. The molecule has 0 saturated carbocycles. The van der Waals surface area contributed by atoms with Gasteiger partial charge < -0.3 is 5.32 Å². The van der Waals surface area contributed by atoms with E-state index >= 15 is 0 Å². The molecular formula is C18H31N. The van der Waals surface area contributed by atoms with Crippen LogP contribution in [-0.2, 0) is 0 Å². The van der Waals surface area contributed by atoms with Crippen LogP contribution in [0.4, 0.5) is 0 Å². The first kappa shape index (κ1) is 16.2. The monoisotopic (exact) mass is 261 g/mol. The van der Waals surface area contributed by atoms with Crippen LogP contribution in [0.2, 0.25) is 0 Å². The zero-order chi connectivity index (χ0) is 14.4. The Morgan fingerprint density at radius 1 is 1.00 bits per heavy atom. The lowest BCUT2D eigenvalue weighted by Gasteiger charge is -2.24. The standard InChI is InChI=1S/C18H31N/c1-7-8-9-10-16(5)19-17(6)18-14(3)11-13(2)12-15(18)4/h11-12,16-17,19H,7-10H2,1-6H3. The van der Waals surface area contributed by atoms with E-state index in [0.717, 1.165) is 0 Å². The van der Waals surface area contributed by atoms with Gasteiger partial charge in [-0.25, -0.2) is 0 Å². The van der Waals surface area contributed by atoms with Gasteiger partial charge in [-0.05, 0) is 57.7 Å². The molecule has 0 spiro atoms. The predicted octanol–water partition coefficient (Wildman–Crippen LogP) is 5.23. The number of benzene rings is 1. The lowest BCUT2D eigenvalue weighted by atomic mass is 9.94. The van der Waals surface area contributed by atoms with E-state index in [1.165, 1.54) is 47.9 Å². The van der Waals surface area contributed by atoms with Crippen LogP contribution in [0.15, 0.2) is 12.1 Å². The molecule has 1 N–H and O–H groups in total. The van der Waals surface area contributed by atoms with Crippen molar-refractivity contribution in [2.45, 2.75) is 79.3 Å². The summed E-state index contributed by atoms with van der Waals surface area (Å²) in [5, 5.41) is 3.76. The quantitative estimate of drug-likeness (QED) is 0.663. The van der Waals surface area contributed by atoms with Gasteiger partial charge in [0.25, 0.3) is 0 Å². The van der Waals surface area contributed by atoms with E-state index in [1.54, 1.807) is 0 Å². The Hall–Kier alpha value is -0.820. The third-order valence-electron chi connectivity index (χ3n) is 3.95. The molecule has 1 rings (SSSR count). The second-order valence-corrected chi connectivity index (χ2v) is 6.10. The van der Waals surface area contributed by atoms with E-state index in [4.69, 9.17) is 0 Å². The lowest BCUT2D eigenvalue weighted by molar-refractivity contribution is 0.438. The second kappa shape index (κ2) is 7.69. The zero-order valence-electron chi connectivity index (χ0n) is 13.6. The van der Waals surface area contributed by atoms with Crippen LogP contribution in [0.25, 0.3) is 0 Å². The van der Waals surface area contributed by atoms with Gasteiger partial charge in [0.15, 0.2) is 0 Å². The molecule has 108 valence electrons. The molecule has 0 fully saturated rings. The van der Waals surface area contributed by atoms with Gasteiger partial charge in [-0.3, -0.25) is 0 Å². The number of rotatable bonds is 7. The summed E-state index contributed by atoms with van der Waals surface area (Å²) in [5.74, 6) is 0. The topological polar surface area (TPSA) is 12.0 Å². The van der Waals surface area contributed by atoms with Gasteiger partial charge in [0, 0.05) is 12.1 Å². The smallest absolute Gasteiger partial charge is 0.0299 e. The van der Waals surface area contributed by atoms with Crippen molar-refractivity contribution in [1.82, 2.24) is 5.32 Å². The Morgan fingerprint density at radius 2 is 1.58 bits per heavy atom. The normalized spacial score (nSPS) is 14.4. The molecule has 1 nitrogen and oxygen atoms in total. The summed E-state index contributed by atoms with van der Waals surface area (Å²) in [4.78, 5) is 0. The van der Waals surface area contributed by atoms with Crippen LogP contribution in [0.3, 0.4) is 0 Å². The summed E-state index contributed by atoms with van der Waals surface area (Å²) in [6.07, 6.45) is 5.27. The molecule has 1 heteroatoms. The summed E-state index contributed by atoms with van der Waals surface area (Å²) in [5.41, 5.74) is 5.67. The van der Waals surface area contributed by atoms with Crippen LogP contribution in [0.1, 0.15) is 74.8 Å². The summed E-state index contributed by atoms with van der Waals surface area (Å²) < 4.78 is 0. The molecule has 0 aromatic heterocycles. The number of aryl methyl sites for hydroxylation is 3. The van der Waals surface area contributed by atoms with Crippen LogP contribution in [-0.4, -0.2) is 6.04 Å². The maximum Gasteiger partial charge on any atom is 0.0299 e. The Morgan fingerprint density at radius 3 is 2.11 bits per heavy atom. The van der Waals surface area contributed by atoms with Crippen LogP contribution >= 0.6 is 0 Å². The molecule has 0 aliphatic heterocycles. The largest absolute Gasteiger partial charge is 0.308 e. The van der Waals surface area contributed by atoms with Crippen molar-refractivity contribution in [2.24, 2.45) is 0 Å². The summed E-state index contributed by atoms with van der Waals surface area (Å²) in [7, 11) is 0. The fraction of sp³-hybridized carbons (Fsp3) is 0.667. The number of unbranched alkanes of at least 4 members (excludes halogenated alkanes) is 2. The van der Waals surface area contributed by atoms with Crippen molar-refractivity contribution in [3.05, 3.63) is 34.4 Å². The van der Waals surface area contributed by atoms with Gasteiger partial charge in [-0.2, -0.15) is 0 Å². The fourth-order valence-corrected chi connectivity index (χ4v) is 3.17. The highest BCUT2D eigenvalue weighted by molar-refractivity contribution is 5.39. The highest BCUT2D eigenvalue weighted by Gasteiger charge is 2.14. The van der Waals surface area contributed by atoms with Gasteiger partial charge in [-0.1, -0.05) is 43.9 Å². The first-order valence-electron chi connectivity index (χ1n) is 7.79. The van der Waals surface area contributed by atoms with E-state index in [-0.39, 0.29) is 0 Å². The molecule has 19 heavy (non-hydrogen) atoms. The molecule has 0 heterocycles. The minimum Gasteiger partial charge on any atom is -0.308 e. The minimum absolute atomic E-state index is 0.442. The van der Waals surface area contributed by atoms with Crippen molar-refractivity contribution < 1.29 is 0 Å². The van der Waals surface area contributed by atoms with E-state index in [9.17, 15) is 0 Å². The fourth-order valence-electron chi connectivity index (χ4n) is 3.17. The van der Waals surface area contributed by atoms with Gasteiger partial charge >= 0.3 is 0 Å². The molecule has 0 saturated heterocycles. The molecule has 1 aromatic rings. The van der Waals surface area contributed by atoms with Crippen LogP contribution in [0.5, 0.6) is 0 Å². The van der Waals surface area contributed by atoms with Crippen molar-refractivity contribution in [1.29, 1.82) is 0 Å². The van der Waals surface area contributed by atoms with Crippen LogP contribution in [0, 0.1) is 20.8 Å². The number of nitrogens with one attached hydrogen (secondary N) is 1. The van der Waals surface area contributed by atoms with Crippen LogP contribution < -0.4 is 5.32 Å². The van der Waals surface area contributed by atoms with E-state index in [0.29, 0.717) is 12.1 Å². The third-order valence-corrected chi connectivity index (χ3v) is 3.95. The van der Waals surface area contributed by atoms with Gasteiger partial charge in [0.2, 0.25) is 0 Å². The summed E-state index contributed by atoms with van der Waals surface area (Å²) in [6, 6.07) is 5.63. The van der Waals surface area contributed by atoms with Crippen molar-refractivity contribution >= 4 is 0 Å². The van der Waals surface area contributed by atoms with Gasteiger partial charge in [-0.15, -0.1) is 0 Å². The van der Waals surface area contributed by atoms with Crippen molar-refractivity contribution in [3.63, 3.8) is 0 Å². The molecule has 0 bridgehead atoms. The van der Waals surface area contributed by atoms with E-state index in [2.05, 4.69) is 59.0 Å². The predicted molar refractivity (Wildman–Crippen MR) is 85.8 cm³/mol. The maximum absolute atomic E-state index is 3.76. The highest BCUT2D eigenvalue weighted by Crippen LogP contribution is 2.24. The first-order valence-corrected chi connectivity index (χ1v) is 7.79. The van der Waals surface area contributed by atoms with Gasteiger partial charge in [0.1, 0.15) is 0 Å². The molecular weight excluding hydrogens is 230 g/mol. The molecule has 2 atom stereocenters. The number of hydrogen-bond acceptors (Lipinski definition) is 1. The molecule has 1 aromatic carbocycles. The summed E-state index contributed by atoms with van der Waals surface area (Å²) >= 11 is 0. The highest BCUT2D eigenvalue weighted by atomic mass is 14.9. The van der Waals surface area contributed by atoms with E-state index < -0.39 is 0 Å². The second-order valence-electron chi connectivity index (χ2n) is 6.10. The van der Waals surface area contributed by atoms with E-state index in [1.807, 2.05) is 0 Å². The summed E-state index contributed by atoms with van der Waals surface area (Å²) in [6.45, 7) is 13.5. The molecule has 2 unspecified atom stereocenters. The third kappa shape index (κ3) is 4.99. The van der Waals surface area contributed by atoms with Crippen molar-refractivity contribution in [3.8, 4) is 0 Å².